The van der Waals surface area contributed by atoms with Gasteiger partial charge in [0, 0.05) is 10.5 Å². The van der Waals surface area contributed by atoms with Crippen molar-refractivity contribution >= 4 is 15.9 Å². The molecule has 0 aromatic heterocycles. The summed E-state index contributed by atoms with van der Waals surface area (Å²) in [5.41, 5.74) is 7.39. The predicted octanol–water partition coefficient (Wildman–Crippen LogP) is 4.82. The van der Waals surface area contributed by atoms with E-state index in [0.29, 0.717) is 0 Å². The Morgan fingerprint density at radius 2 is 1.89 bits per heavy atom. The highest BCUT2D eigenvalue weighted by molar-refractivity contribution is 9.10. The van der Waals surface area contributed by atoms with Crippen LogP contribution in [0.5, 0.6) is 0 Å². The monoisotopic (exact) mass is 327 g/mol. The number of rotatable bonds is 4. The first kappa shape index (κ1) is 15.0. The van der Waals surface area contributed by atoms with Crippen LogP contribution >= 0.6 is 15.9 Å². The molecule has 0 aliphatic heterocycles. The highest BCUT2D eigenvalue weighted by Crippen LogP contribution is 2.27. The minimum absolute atomic E-state index is 0.185. The minimum atomic E-state index is -0.201. The van der Waals surface area contributed by atoms with Gasteiger partial charge in [0.05, 0.1) is 0 Å². The van der Waals surface area contributed by atoms with E-state index < -0.39 is 0 Å². The van der Waals surface area contributed by atoms with Crippen molar-refractivity contribution in [2.75, 3.05) is 0 Å². The first-order chi connectivity index (χ1) is 9.15. The average molecular weight is 328 g/mol. The van der Waals surface area contributed by atoms with Crippen molar-refractivity contribution in [3.05, 3.63) is 34.1 Å². The van der Waals surface area contributed by atoms with Crippen molar-refractivity contribution in [3.8, 4) is 0 Å². The zero-order valence-corrected chi connectivity index (χ0v) is 13.0. The predicted molar refractivity (Wildman–Crippen MR) is 81.6 cm³/mol. The van der Waals surface area contributed by atoms with Crippen molar-refractivity contribution in [1.29, 1.82) is 0 Å². The highest BCUT2D eigenvalue weighted by atomic mass is 79.9. The maximum Gasteiger partial charge on any atom is 0.124 e. The van der Waals surface area contributed by atoms with E-state index in [4.69, 9.17) is 5.73 Å². The summed E-state index contributed by atoms with van der Waals surface area (Å²) in [6, 6.07) is 5.06. The Bertz CT molecular complexity index is 400. The smallest absolute Gasteiger partial charge is 0.124 e. The summed E-state index contributed by atoms with van der Waals surface area (Å²) >= 11 is 3.42. The van der Waals surface area contributed by atoms with Crippen LogP contribution in [0, 0.1) is 11.7 Å². The molecule has 0 radical (unpaired) electrons. The summed E-state index contributed by atoms with van der Waals surface area (Å²) < 4.78 is 13.9. The molecule has 3 heteroatoms. The fourth-order valence-corrected chi connectivity index (χ4v) is 3.59. The number of hydrogen-bond acceptors (Lipinski definition) is 1. The van der Waals surface area contributed by atoms with Gasteiger partial charge in [-0.2, -0.15) is 0 Å². The van der Waals surface area contributed by atoms with Gasteiger partial charge in [0.25, 0.3) is 0 Å². The van der Waals surface area contributed by atoms with Gasteiger partial charge in [0.2, 0.25) is 0 Å². The summed E-state index contributed by atoms with van der Waals surface area (Å²) in [5.74, 6) is 0.588. The van der Waals surface area contributed by atoms with Gasteiger partial charge < -0.3 is 5.73 Å². The third-order valence-electron chi connectivity index (χ3n) is 4.11. The lowest BCUT2D eigenvalue weighted by atomic mass is 9.90. The molecule has 1 saturated carbocycles. The Morgan fingerprint density at radius 3 is 2.53 bits per heavy atom. The van der Waals surface area contributed by atoms with Gasteiger partial charge in [-0.15, -0.1) is 0 Å². The zero-order valence-electron chi connectivity index (χ0n) is 11.4. The van der Waals surface area contributed by atoms with E-state index in [2.05, 4.69) is 15.9 Å². The largest absolute Gasteiger partial charge is 0.327 e. The molecule has 1 aliphatic carbocycles. The molecule has 2 rings (SSSR count). The number of halogens is 2. The van der Waals surface area contributed by atoms with Crippen LogP contribution < -0.4 is 5.73 Å². The third kappa shape index (κ3) is 4.88. The molecule has 1 fully saturated rings. The van der Waals surface area contributed by atoms with E-state index in [-0.39, 0.29) is 11.9 Å². The molecular formula is C16H23BrFN. The summed E-state index contributed by atoms with van der Waals surface area (Å²) in [5, 5.41) is 0. The Labute approximate surface area is 123 Å². The molecule has 1 unspecified atom stereocenters. The van der Waals surface area contributed by atoms with Gasteiger partial charge in [-0.1, -0.05) is 60.5 Å². The molecule has 0 spiro atoms. The van der Waals surface area contributed by atoms with Crippen molar-refractivity contribution < 1.29 is 4.39 Å². The second kappa shape index (κ2) is 7.39. The summed E-state index contributed by atoms with van der Waals surface area (Å²) in [7, 11) is 0. The van der Waals surface area contributed by atoms with Crippen LogP contribution in [-0.2, 0) is 6.42 Å². The maximum absolute atomic E-state index is 13.0. The van der Waals surface area contributed by atoms with Gasteiger partial charge in [-0.3, -0.25) is 0 Å². The average Bonchev–Trinajstić information content (AvgIpc) is 2.61. The Hall–Kier alpha value is -0.410. The van der Waals surface area contributed by atoms with E-state index in [9.17, 15) is 4.39 Å². The van der Waals surface area contributed by atoms with Gasteiger partial charge in [0.15, 0.2) is 0 Å². The molecule has 2 N–H and O–H groups in total. The van der Waals surface area contributed by atoms with Gasteiger partial charge in [0.1, 0.15) is 5.82 Å². The van der Waals surface area contributed by atoms with Crippen molar-refractivity contribution in [3.63, 3.8) is 0 Å². The summed E-state index contributed by atoms with van der Waals surface area (Å²) in [4.78, 5) is 0. The molecule has 19 heavy (non-hydrogen) atoms. The van der Waals surface area contributed by atoms with Crippen molar-refractivity contribution in [1.82, 2.24) is 0 Å². The second-order valence-corrected chi connectivity index (χ2v) is 6.65. The fourth-order valence-electron chi connectivity index (χ4n) is 3.08. The van der Waals surface area contributed by atoms with E-state index in [1.54, 1.807) is 0 Å². The molecule has 0 bridgehead atoms. The van der Waals surface area contributed by atoms with Gasteiger partial charge in [-0.05, 0) is 36.5 Å². The Kier molecular flexibility index (Phi) is 5.83. The molecule has 106 valence electrons. The van der Waals surface area contributed by atoms with E-state index >= 15 is 0 Å². The van der Waals surface area contributed by atoms with Crippen molar-refractivity contribution in [2.24, 2.45) is 11.7 Å². The quantitative estimate of drug-likeness (QED) is 0.788. The SMILES string of the molecule is NC(Cc1ccc(F)cc1Br)CC1CCCCCC1. The van der Waals surface area contributed by atoms with Crippen LogP contribution in [0.1, 0.15) is 50.5 Å². The topological polar surface area (TPSA) is 26.0 Å². The maximum atomic E-state index is 13.0. The molecule has 1 nitrogen and oxygen atoms in total. The van der Waals surface area contributed by atoms with Gasteiger partial charge in [-0.25, -0.2) is 4.39 Å². The first-order valence-electron chi connectivity index (χ1n) is 7.34. The second-order valence-electron chi connectivity index (χ2n) is 5.79. The van der Waals surface area contributed by atoms with Crippen molar-refractivity contribution in [2.45, 2.75) is 57.4 Å². The lowest BCUT2D eigenvalue weighted by Gasteiger charge is -2.19. The van der Waals surface area contributed by atoms with E-state index in [1.807, 2.05) is 6.07 Å². The molecule has 1 aliphatic rings. The number of benzene rings is 1. The van der Waals surface area contributed by atoms with Crippen LogP contribution in [0.25, 0.3) is 0 Å². The third-order valence-corrected chi connectivity index (χ3v) is 4.85. The molecule has 0 saturated heterocycles. The zero-order chi connectivity index (χ0) is 13.7. The lowest BCUT2D eigenvalue weighted by Crippen LogP contribution is -2.26. The Morgan fingerprint density at radius 1 is 1.21 bits per heavy atom. The molecule has 1 aromatic rings. The molecule has 0 heterocycles. The standard InChI is InChI=1S/C16H23BrFN/c17-16-11-14(18)8-7-13(16)10-15(19)9-12-5-3-1-2-4-6-12/h7-8,11-12,15H,1-6,9-10,19H2. The minimum Gasteiger partial charge on any atom is -0.327 e. The number of nitrogens with two attached hydrogens (primary N) is 1. The first-order valence-corrected chi connectivity index (χ1v) is 8.14. The fraction of sp³-hybridized carbons (Fsp3) is 0.625. The molecule has 1 atom stereocenters. The van der Waals surface area contributed by atoms with Crippen LogP contribution in [0.3, 0.4) is 0 Å². The Balaban J connectivity index is 1.87. The molecular weight excluding hydrogens is 305 g/mol. The van der Waals surface area contributed by atoms with E-state index in [1.165, 1.54) is 50.7 Å². The van der Waals surface area contributed by atoms with E-state index in [0.717, 1.165) is 28.8 Å². The summed E-state index contributed by atoms with van der Waals surface area (Å²) in [6.45, 7) is 0. The van der Waals surface area contributed by atoms with Crippen LogP contribution in [0.15, 0.2) is 22.7 Å². The van der Waals surface area contributed by atoms with Crippen LogP contribution in [-0.4, -0.2) is 6.04 Å². The van der Waals surface area contributed by atoms with Crippen LogP contribution in [0.4, 0.5) is 4.39 Å². The summed E-state index contributed by atoms with van der Waals surface area (Å²) in [6.07, 6.45) is 10.1. The normalized spacial score (nSPS) is 19.1. The lowest BCUT2D eigenvalue weighted by molar-refractivity contribution is 0.387. The molecule has 0 amide bonds. The number of hydrogen-bond donors (Lipinski definition) is 1. The van der Waals surface area contributed by atoms with Gasteiger partial charge >= 0.3 is 0 Å². The molecule has 1 aromatic carbocycles. The highest BCUT2D eigenvalue weighted by Gasteiger charge is 2.16. The van der Waals surface area contributed by atoms with Crippen LogP contribution in [0.2, 0.25) is 0 Å².